The number of hydrogen-bond acceptors (Lipinski definition) is 1. The molecule has 0 aromatic heterocycles. The number of hydrogen-bond donors (Lipinski definition) is 0. The van der Waals surface area contributed by atoms with Crippen molar-refractivity contribution in [3.63, 3.8) is 0 Å². The van der Waals surface area contributed by atoms with Gasteiger partial charge in [-0.05, 0) is 24.1 Å². The van der Waals surface area contributed by atoms with Crippen LogP contribution in [0.1, 0.15) is 31.4 Å². The third kappa shape index (κ3) is 5.03. The van der Waals surface area contributed by atoms with Gasteiger partial charge in [-0.15, -0.1) is 13.2 Å². The molecule has 0 aliphatic heterocycles. The van der Waals surface area contributed by atoms with Crippen molar-refractivity contribution in [2.24, 2.45) is 0 Å². The fourth-order valence-corrected chi connectivity index (χ4v) is 3.97. The van der Waals surface area contributed by atoms with Crippen LogP contribution < -0.4 is 0 Å². The lowest BCUT2D eigenvalue weighted by Gasteiger charge is -2.23. The van der Waals surface area contributed by atoms with Gasteiger partial charge in [0.25, 0.3) is 0 Å². The van der Waals surface area contributed by atoms with Crippen molar-refractivity contribution in [1.29, 1.82) is 0 Å². The summed E-state index contributed by atoms with van der Waals surface area (Å²) in [6, 6.07) is 12.6. The first kappa shape index (κ1) is 14.9. The Bertz CT molecular complexity index is 337. The van der Waals surface area contributed by atoms with E-state index in [4.69, 9.17) is 4.43 Å². The summed E-state index contributed by atoms with van der Waals surface area (Å²) in [6.07, 6.45) is 6.43. The highest BCUT2D eigenvalue weighted by atomic mass is 28.3. The Morgan fingerprint density at radius 2 is 1.78 bits per heavy atom. The number of benzene rings is 1. The SMILES string of the molecule is C=CC[SiH](CC=C)OC(CCC)c1ccccc1. The van der Waals surface area contributed by atoms with E-state index in [9.17, 15) is 0 Å². The largest absolute Gasteiger partial charge is 0.413 e. The Hall–Kier alpha value is -1.12. The molecule has 0 N–H and O–H groups in total. The third-order valence-corrected chi connectivity index (χ3v) is 5.37. The van der Waals surface area contributed by atoms with Gasteiger partial charge in [0.2, 0.25) is 0 Å². The zero-order valence-electron chi connectivity index (χ0n) is 11.3. The zero-order chi connectivity index (χ0) is 13.2. The lowest BCUT2D eigenvalue weighted by atomic mass is 10.1. The molecule has 1 aromatic rings. The average Bonchev–Trinajstić information content (AvgIpc) is 2.40. The van der Waals surface area contributed by atoms with Gasteiger partial charge < -0.3 is 4.43 Å². The van der Waals surface area contributed by atoms with E-state index in [0.29, 0.717) is 0 Å². The summed E-state index contributed by atoms with van der Waals surface area (Å²) in [4.78, 5) is 0. The summed E-state index contributed by atoms with van der Waals surface area (Å²) in [6.45, 7) is 9.86. The van der Waals surface area contributed by atoms with E-state index < -0.39 is 9.04 Å². The van der Waals surface area contributed by atoms with Crippen LogP contribution in [0.2, 0.25) is 12.1 Å². The maximum Gasteiger partial charge on any atom is 0.185 e. The van der Waals surface area contributed by atoms with E-state index >= 15 is 0 Å². The van der Waals surface area contributed by atoms with E-state index in [1.54, 1.807) is 0 Å². The van der Waals surface area contributed by atoms with Crippen molar-refractivity contribution < 1.29 is 4.43 Å². The molecule has 2 heteroatoms. The van der Waals surface area contributed by atoms with Crippen molar-refractivity contribution in [1.82, 2.24) is 0 Å². The van der Waals surface area contributed by atoms with Gasteiger partial charge >= 0.3 is 0 Å². The van der Waals surface area contributed by atoms with Crippen LogP contribution in [0.4, 0.5) is 0 Å². The van der Waals surface area contributed by atoms with Crippen molar-refractivity contribution >= 4 is 9.04 Å². The molecule has 0 heterocycles. The topological polar surface area (TPSA) is 9.23 Å². The zero-order valence-corrected chi connectivity index (χ0v) is 12.5. The minimum absolute atomic E-state index is 0.243. The van der Waals surface area contributed by atoms with Gasteiger partial charge in [0, 0.05) is 0 Å². The highest BCUT2D eigenvalue weighted by Crippen LogP contribution is 2.25. The maximum atomic E-state index is 6.35. The van der Waals surface area contributed by atoms with Gasteiger partial charge in [-0.3, -0.25) is 0 Å². The molecule has 0 bridgehead atoms. The van der Waals surface area contributed by atoms with Gasteiger partial charge in [0.15, 0.2) is 9.04 Å². The van der Waals surface area contributed by atoms with Gasteiger partial charge in [0.1, 0.15) is 0 Å². The van der Waals surface area contributed by atoms with Crippen LogP contribution in [0, 0.1) is 0 Å². The molecule has 0 aliphatic carbocycles. The molecule has 0 aliphatic rings. The molecule has 0 saturated carbocycles. The molecule has 0 spiro atoms. The average molecular weight is 260 g/mol. The molecule has 0 radical (unpaired) electrons. The summed E-state index contributed by atoms with van der Waals surface area (Å²) in [5.74, 6) is 0. The molecule has 1 atom stereocenters. The van der Waals surface area contributed by atoms with Crippen LogP contribution in [0.5, 0.6) is 0 Å². The molecule has 98 valence electrons. The Morgan fingerprint density at radius 3 is 2.28 bits per heavy atom. The van der Waals surface area contributed by atoms with E-state index in [2.05, 4.69) is 50.4 Å². The fraction of sp³-hybridized carbons (Fsp3) is 0.375. The Balaban J connectivity index is 2.71. The lowest BCUT2D eigenvalue weighted by molar-refractivity contribution is 0.194. The Labute approximate surface area is 113 Å². The smallest absolute Gasteiger partial charge is 0.185 e. The van der Waals surface area contributed by atoms with Gasteiger partial charge in [0.05, 0.1) is 6.10 Å². The lowest BCUT2D eigenvalue weighted by Crippen LogP contribution is -2.20. The van der Waals surface area contributed by atoms with E-state index in [1.807, 2.05) is 12.2 Å². The molecule has 0 amide bonds. The molecule has 18 heavy (non-hydrogen) atoms. The second kappa shape index (κ2) is 8.89. The van der Waals surface area contributed by atoms with Gasteiger partial charge in [-0.2, -0.15) is 0 Å². The molecule has 1 nitrogen and oxygen atoms in total. The predicted octanol–water partition coefficient (Wildman–Crippen LogP) is 4.64. The molecular formula is C16H24OSi. The summed E-state index contributed by atoms with van der Waals surface area (Å²) in [5, 5.41) is 0. The summed E-state index contributed by atoms with van der Waals surface area (Å²) in [7, 11) is -1.23. The van der Waals surface area contributed by atoms with Gasteiger partial charge in [-0.1, -0.05) is 55.8 Å². The van der Waals surface area contributed by atoms with Crippen LogP contribution in [-0.4, -0.2) is 9.04 Å². The van der Waals surface area contributed by atoms with E-state index in [0.717, 1.165) is 24.9 Å². The standard InChI is InChI=1S/C16H24OSi/c1-4-10-16(15-11-8-7-9-12-15)17-18(13-5-2)14-6-3/h5-9,11-12,16,18H,2-4,10,13-14H2,1H3. The van der Waals surface area contributed by atoms with Crippen LogP contribution in [0.3, 0.4) is 0 Å². The van der Waals surface area contributed by atoms with E-state index in [1.165, 1.54) is 5.56 Å². The Kier molecular flexibility index (Phi) is 7.38. The van der Waals surface area contributed by atoms with Crippen LogP contribution in [0.15, 0.2) is 55.6 Å². The number of rotatable bonds is 9. The molecule has 0 fully saturated rings. The summed E-state index contributed by atoms with van der Waals surface area (Å²) in [5.41, 5.74) is 1.30. The monoisotopic (exact) mass is 260 g/mol. The molecule has 0 saturated heterocycles. The summed E-state index contributed by atoms with van der Waals surface area (Å²) < 4.78 is 6.35. The van der Waals surface area contributed by atoms with Crippen molar-refractivity contribution in [3.05, 3.63) is 61.2 Å². The second-order valence-electron chi connectivity index (χ2n) is 4.49. The number of allylic oxidation sites excluding steroid dienone is 2. The van der Waals surface area contributed by atoms with Crippen LogP contribution in [0.25, 0.3) is 0 Å². The van der Waals surface area contributed by atoms with Crippen LogP contribution in [-0.2, 0) is 4.43 Å². The molecular weight excluding hydrogens is 236 g/mol. The molecule has 1 unspecified atom stereocenters. The Morgan fingerprint density at radius 1 is 1.17 bits per heavy atom. The minimum Gasteiger partial charge on any atom is -0.413 e. The second-order valence-corrected chi connectivity index (χ2v) is 6.95. The van der Waals surface area contributed by atoms with Crippen molar-refractivity contribution in [3.8, 4) is 0 Å². The highest BCUT2D eigenvalue weighted by Gasteiger charge is 2.17. The highest BCUT2D eigenvalue weighted by molar-refractivity contribution is 6.53. The first-order valence-electron chi connectivity index (χ1n) is 6.74. The van der Waals surface area contributed by atoms with Crippen molar-refractivity contribution in [2.75, 3.05) is 0 Å². The van der Waals surface area contributed by atoms with E-state index in [-0.39, 0.29) is 6.10 Å². The van der Waals surface area contributed by atoms with Gasteiger partial charge in [-0.25, -0.2) is 0 Å². The normalized spacial score (nSPS) is 12.3. The van der Waals surface area contributed by atoms with Crippen molar-refractivity contribution in [2.45, 2.75) is 38.0 Å². The minimum atomic E-state index is -1.23. The third-order valence-electron chi connectivity index (χ3n) is 2.94. The molecule has 1 aromatic carbocycles. The first-order valence-corrected chi connectivity index (χ1v) is 8.84. The predicted molar refractivity (Wildman–Crippen MR) is 82.3 cm³/mol. The maximum absolute atomic E-state index is 6.35. The molecule has 1 rings (SSSR count). The fourth-order valence-electron chi connectivity index (χ4n) is 2.05. The van der Waals surface area contributed by atoms with Crippen LogP contribution >= 0.6 is 0 Å². The quantitative estimate of drug-likeness (QED) is 0.464. The summed E-state index contributed by atoms with van der Waals surface area (Å²) >= 11 is 0. The first-order chi connectivity index (χ1) is 8.81.